The van der Waals surface area contributed by atoms with Crippen LogP contribution >= 0.6 is 0 Å². The van der Waals surface area contributed by atoms with Crippen LogP contribution in [0.5, 0.6) is 17.2 Å². The van der Waals surface area contributed by atoms with Crippen LogP contribution in [0.3, 0.4) is 0 Å². The minimum absolute atomic E-state index is 0.123. The van der Waals surface area contributed by atoms with Crippen LogP contribution in [0.25, 0.3) is 0 Å². The van der Waals surface area contributed by atoms with E-state index in [4.69, 9.17) is 14.2 Å². The highest BCUT2D eigenvalue weighted by Crippen LogP contribution is 2.44. The fourth-order valence-corrected chi connectivity index (χ4v) is 4.98. The predicted molar refractivity (Wildman–Crippen MR) is 105 cm³/mol. The van der Waals surface area contributed by atoms with E-state index < -0.39 is 0 Å². The third kappa shape index (κ3) is 2.99. The summed E-state index contributed by atoms with van der Waals surface area (Å²) in [6, 6.07) is 14.6. The summed E-state index contributed by atoms with van der Waals surface area (Å²) in [7, 11) is 1.69. The molecule has 0 unspecified atom stereocenters. The van der Waals surface area contributed by atoms with Crippen molar-refractivity contribution in [1.82, 2.24) is 4.90 Å². The number of ether oxygens (including phenoxy) is 3. The van der Waals surface area contributed by atoms with Gasteiger partial charge in [-0.15, -0.1) is 0 Å². The monoisotopic (exact) mass is 379 g/mol. The van der Waals surface area contributed by atoms with Gasteiger partial charge in [-0.05, 0) is 67.5 Å². The van der Waals surface area contributed by atoms with Gasteiger partial charge in [0.15, 0.2) is 11.5 Å². The SMILES string of the molecule is COc1ccc([C@@H]2C[C@H]3CC[C@@H](C2)N3C(=O)c2ccc3c(c2)OCCO3)cc1. The lowest BCUT2D eigenvalue weighted by atomic mass is 9.84. The summed E-state index contributed by atoms with van der Waals surface area (Å²) in [6.07, 6.45) is 4.24. The van der Waals surface area contributed by atoms with Crippen LogP contribution in [0.1, 0.15) is 47.5 Å². The van der Waals surface area contributed by atoms with E-state index in [1.807, 2.05) is 30.3 Å². The van der Waals surface area contributed by atoms with E-state index in [2.05, 4.69) is 17.0 Å². The van der Waals surface area contributed by atoms with Crippen LogP contribution in [0, 0.1) is 0 Å². The maximum absolute atomic E-state index is 13.3. The molecule has 3 atom stereocenters. The highest BCUT2D eigenvalue weighted by Gasteiger charge is 2.43. The maximum Gasteiger partial charge on any atom is 0.254 e. The molecule has 1 amide bonds. The number of hydrogen-bond donors (Lipinski definition) is 0. The van der Waals surface area contributed by atoms with Crippen molar-refractivity contribution in [1.29, 1.82) is 0 Å². The number of benzene rings is 2. The molecule has 2 fully saturated rings. The summed E-state index contributed by atoms with van der Waals surface area (Å²) in [5.41, 5.74) is 2.05. The van der Waals surface area contributed by atoms with E-state index in [1.54, 1.807) is 7.11 Å². The third-order valence-electron chi connectivity index (χ3n) is 6.34. The van der Waals surface area contributed by atoms with Gasteiger partial charge in [0.1, 0.15) is 19.0 Å². The molecule has 0 aliphatic carbocycles. The molecule has 0 saturated carbocycles. The van der Waals surface area contributed by atoms with Gasteiger partial charge in [-0.25, -0.2) is 0 Å². The molecule has 5 rings (SSSR count). The van der Waals surface area contributed by atoms with Crippen LogP contribution in [0.2, 0.25) is 0 Å². The van der Waals surface area contributed by atoms with Crippen LogP contribution in [0.15, 0.2) is 42.5 Å². The number of methoxy groups -OCH3 is 1. The Morgan fingerprint density at radius 2 is 1.64 bits per heavy atom. The Labute approximate surface area is 165 Å². The number of fused-ring (bicyclic) bond motifs is 3. The van der Waals surface area contributed by atoms with Crippen LogP contribution < -0.4 is 14.2 Å². The number of carbonyl (C=O) groups excluding carboxylic acids is 1. The largest absolute Gasteiger partial charge is 0.497 e. The van der Waals surface area contributed by atoms with Crippen molar-refractivity contribution >= 4 is 5.91 Å². The van der Waals surface area contributed by atoms with Crippen molar-refractivity contribution in [3.63, 3.8) is 0 Å². The van der Waals surface area contributed by atoms with Gasteiger partial charge in [-0.3, -0.25) is 4.79 Å². The highest BCUT2D eigenvalue weighted by molar-refractivity contribution is 5.95. The Bertz CT molecular complexity index is 865. The van der Waals surface area contributed by atoms with E-state index in [0.717, 1.165) is 37.2 Å². The molecule has 2 aromatic carbocycles. The van der Waals surface area contributed by atoms with Gasteiger partial charge >= 0.3 is 0 Å². The van der Waals surface area contributed by atoms with Gasteiger partial charge < -0.3 is 19.1 Å². The minimum Gasteiger partial charge on any atom is -0.497 e. The molecule has 3 heterocycles. The normalized spacial score (nSPS) is 25.5. The molecular weight excluding hydrogens is 354 g/mol. The van der Waals surface area contributed by atoms with Gasteiger partial charge in [0.2, 0.25) is 0 Å². The van der Waals surface area contributed by atoms with Crippen LogP contribution in [-0.2, 0) is 0 Å². The number of hydrogen-bond acceptors (Lipinski definition) is 4. The smallest absolute Gasteiger partial charge is 0.254 e. The zero-order valence-electron chi connectivity index (χ0n) is 16.1. The summed E-state index contributed by atoms with van der Waals surface area (Å²) >= 11 is 0. The average molecular weight is 379 g/mol. The second-order valence-electron chi connectivity index (χ2n) is 7.90. The minimum atomic E-state index is 0.123. The molecule has 3 aliphatic rings. The van der Waals surface area contributed by atoms with Gasteiger partial charge in [-0.1, -0.05) is 12.1 Å². The lowest BCUT2D eigenvalue weighted by Crippen LogP contribution is -2.46. The van der Waals surface area contributed by atoms with Gasteiger partial charge in [0.25, 0.3) is 5.91 Å². The molecule has 0 aromatic heterocycles. The maximum atomic E-state index is 13.3. The van der Waals surface area contributed by atoms with E-state index in [-0.39, 0.29) is 5.91 Å². The summed E-state index contributed by atoms with van der Waals surface area (Å²) in [5.74, 6) is 2.92. The lowest BCUT2D eigenvalue weighted by molar-refractivity contribution is 0.0570. The fourth-order valence-electron chi connectivity index (χ4n) is 4.98. The fraction of sp³-hybridized carbons (Fsp3) is 0.435. The highest BCUT2D eigenvalue weighted by atomic mass is 16.6. The Hall–Kier alpha value is -2.69. The Morgan fingerprint density at radius 3 is 2.32 bits per heavy atom. The van der Waals surface area contributed by atoms with Crippen molar-refractivity contribution in [2.24, 2.45) is 0 Å². The first-order chi connectivity index (χ1) is 13.7. The quantitative estimate of drug-likeness (QED) is 0.808. The molecule has 3 aliphatic heterocycles. The first-order valence-corrected chi connectivity index (χ1v) is 10.1. The number of rotatable bonds is 3. The molecule has 146 valence electrons. The number of piperidine rings is 1. The van der Waals surface area contributed by atoms with Crippen LogP contribution in [-0.4, -0.2) is 43.2 Å². The third-order valence-corrected chi connectivity index (χ3v) is 6.34. The molecule has 2 aromatic rings. The molecule has 28 heavy (non-hydrogen) atoms. The molecule has 0 radical (unpaired) electrons. The Kier molecular flexibility index (Phi) is 4.38. The van der Waals surface area contributed by atoms with Gasteiger partial charge in [0.05, 0.1) is 7.11 Å². The van der Waals surface area contributed by atoms with Crippen molar-refractivity contribution in [3.05, 3.63) is 53.6 Å². The summed E-state index contributed by atoms with van der Waals surface area (Å²) in [5, 5.41) is 0. The second kappa shape index (κ2) is 7.04. The van der Waals surface area contributed by atoms with Crippen molar-refractivity contribution in [2.45, 2.75) is 43.7 Å². The zero-order valence-corrected chi connectivity index (χ0v) is 16.1. The average Bonchev–Trinajstić information content (AvgIpc) is 3.02. The van der Waals surface area contributed by atoms with Gasteiger partial charge in [-0.2, -0.15) is 0 Å². The number of nitrogens with zero attached hydrogens (tertiary/aromatic N) is 1. The van der Waals surface area contributed by atoms with Gasteiger partial charge in [0, 0.05) is 17.6 Å². The van der Waals surface area contributed by atoms with Crippen molar-refractivity contribution in [3.8, 4) is 17.2 Å². The van der Waals surface area contributed by atoms with Crippen LogP contribution in [0.4, 0.5) is 0 Å². The molecule has 2 bridgehead atoms. The summed E-state index contributed by atoms with van der Waals surface area (Å²) in [6.45, 7) is 1.09. The van der Waals surface area contributed by atoms with E-state index in [1.165, 1.54) is 5.56 Å². The molecule has 2 saturated heterocycles. The standard InChI is InChI=1S/C23H25NO4/c1-26-20-7-2-15(3-8-20)17-12-18-5-6-19(13-17)24(18)23(25)16-4-9-21-22(14-16)28-11-10-27-21/h2-4,7-9,14,17-19H,5-6,10-13H2,1H3/t17-,18-,19+. The molecule has 5 nitrogen and oxygen atoms in total. The van der Waals surface area contributed by atoms with Crippen molar-refractivity contribution < 1.29 is 19.0 Å². The topological polar surface area (TPSA) is 48.0 Å². The first-order valence-electron chi connectivity index (χ1n) is 10.1. The van der Waals surface area contributed by atoms with Crippen molar-refractivity contribution in [2.75, 3.05) is 20.3 Å². The predicted octanol–water partition coefficient (Wildman–Crippen LogP) is 4.02. The summed E-state index contributed by atoms with van der Waals surface area (Å²) < 4.78 is 16.5. The van der Waals surface area contributed by atoms with E-state index >= 15 is 0 Å². The molecular formula is C23H25NO4. The summed E-state index contributed by atoms with van der Waals surface area (Å²) in [4.78, 5) is 15.4. The van der Waals surface area contributed by atoms with E-state index in [9.17, 15) is 4.79 Å². The molecule has 0 spiro atoms. The zero-order chi connectivity index (χ0) is 19.1. The number of amides is 1. The lowest BCUT2D eigenvalue weighted by Gasteiger charge is -2.39. The molecule has 0 N–H and O–H groups in total. The first kappa shape index (κ1) is 17.4. The second-order valence-corrected chi connectivity index (χ2v) is 7.90. The van der Waals surface area contributed by atoms with E-state index in [0.29, 0.717) is 42.5 Å². The Morgan fingerprint density at radius 1 is 0.964 bits per heavy atom. The molecule has 5 heteroatoms. The Balaban J connectivity index is 1.34. The number of carbonyl (C=O) groups is 1.